The number of carboxylic acids is 1. The smallest absolute Gasteiger partial charge is 0.353 e. The molecule has 0 aromatic carbocycles. The molecule has 0 saturated carbocycles. The molecule has 2 heterocycles. The molecule has 22 heavy (non-hydrogen) atoms. The van der Waals surface area contributed by atoms with Crippen LogP contribution in [0.15, 0.2) is 10.6 Å². The second-order valence-corrected chi connectivity index (χ2v) is 6.28. The second kappa shape index (κ2) is 6.24. The fourth-order valence-corrected chi connectivity index (χ4v) is 3.91. The molecular weight excluding hydrogens is 314 g/mol. The van der Waals surface area contributed by atoms with Crippen molar-refractivity contribution in [3.8, 4) is 0 Å². The Morgan fingerprint density at radius 3 is 2.64 bits per heavy atom. The van der Waals surface area contributed by atoms with Crippen LogP contribution in [0, 0.1) is 5.92 Å². The molecule has 0 bridgehead atoms. The summed E-state index contributed by atoms with van der Waals surface area (Å²) in [4.78, 5) is 36.3. The van der Waals surface area contributed by atoms with Gasteiger partial charge in [0, 0.05) is 4.91 Å². The summed E-state index contributed by atoms with van der Waals surface area (Å²) in [5, 5.41) is 29.6. The monoisotopic (exact) mass is 331 g/mol. The van der Waals surface area contributed by atoms with Gasteiger partial charge in [0.2, 0.25) is 11.8 Å². The predicted octanol–water partition coefficient (Wildman–Crippen LogP) is -2.37. The number of carboxylic acid groups (broad SMARTS) is 1. The number of carbonyl (C=O) groups is 3. The molecule has 0 aromatic rings. The first kappa shape index (κ1) is 16.7. The molecule has 0 unspecified atom stereocenters. The first-order valence-corrected chi connectivity index (χ1v) is 7.46. The Morgan fingerprint density at radius 1 is 1.50 bits per heavy atom. The Labute approximate surface area is 130 Å². The standard InChI is InChI=1S/C12H17N3O6S/c1-4(17)7-10(19)15-8(12(20)21)6(22-11(7)15)2-14-9(18)5(13)3-16/h4-5,7,11,16-17H,2-3,13H2,1H3,(H,14,18)(H,20,21)/t4-,5+,7+,11-/m1/s1. The third-order valence-electron chi connectivity index (χ3n) is 3.53. The van der Waals surface area contributed by atoms with Crippen molar-refractivity contribution in [2.24, 2.45) is 11.7 Å². The number of fused-ring (bicyclic) bond motifs is 1. The number of rotatable bonds is 6. The van der Waals surface area contributed by atoms with Crippen molar-refractivity contribution in [1.82, 2.24) is 10.2 Å². The zero-order valence-corrected chi connectivity index (χ0v) is 12.5. The molecule has 6 N–H and O–H groups in total. The summed E-state index contributed by atoms with van der Waals surface area (Å²) in [6.45, 7) is 0.841. The number of carbonyl (C=O) groups excluding carboxylic acids is 2. The second-order valence-electron chi connectivity index (χ2n) is 5.07. The number of β-lactam (4-membered cyclic amide) rings is 1. The zero-order valence-electron chi connectivity index (χ0n) is 11.7. The van der Waals surface area contributed by atoms with E-state index in [2.05, 4.69) is 5.32 Å². The number of thioether (sulfide) groups is 1. The van der Waals surface area contributed by atoms with Gasteiger partial charge in [-0.1, -0.05) is 11.8 Å². The SMILES string of the molecule is C[C@@H](O)[C@H]1C(=O)N2C(C(=O)O)=C(CNC(=O)[C@@H](N)CO)S[C@H]12. The number of nitrogens with zero attached hydrogens (tertiary/aromatic N) is 1. The van der Waals surface area contributed by atoms with Crippen LogP contribution in [0.2, 0.25) is 0 Å². The number of nitrogens with two attached hydrogens (primary N) is 1. The van der Waals surface area contributed by atoms with Crippen LogP contribution in [-0.4, -0.2) is 68.7 Å². The highest BCUT2D eigenvalue weighted by atomic mass is 32.2. The fraction of sp³-hybridized carbons (Fsp3) is 0.583. The molecule has 0 aromatic heterocycles. The van der Waals surface area contributed by atoms with E-state index in [1.807, 2.05) is 0 Å². The highest BCUT2D eigenvalue weighted by Crippen LogP contribution is 2.49. The highest BCUT2D eigenvalue weighted by molar-refractivity contribution is 8.04. The summed E-state index contributed by atoms with van der Waals surface area (Å²) < 4.78 is 0. The minimum atomic E-state index is -1.27. The number of hydrogen-bond acceptors (Lipinski definition) is 7. The number of amides is 2. The molecular formula is C12H17N3O6S. The van der Waals surface area contributed by atoms with Gasteiger partial charge >= 0.3 is 5.97 Å². The molecule has 0 radical (unpaired) electrons. The maximum Gasteiger partial charge on any atom is 0.353 e. The number of aliphatic hydroxyl groups excluding tert-OH is 2. The van der Waals surface area contributed by atoms with Crippen LogP contribution in [0.4, 0.5) is 0 Å². The van der Waals surface area contributed by atoms with E-state index in [4.69, 9.17) is 10.8 Å². The zero-order chi connectivity index (χ0) is 16.6. The molecule has 2 aliphatic heterocycles. The summed E-state index contributed by atoms with van der Waals surface area (Å²) >= 11 is 1.12. The first-order chi connectivity index (χ1) is 10.3. The van der Waals surface area contributed by atoms with Crippen molar-refractivity contribution >= 4 is 29.5 Å². The van der Waals surface area contributed by atoms with Gasteiger partial charge in [-0.05, 0) is 6.92 Å². The average Bonchev–Trinajstić information content (AvgIpc) is 2.77. The first-order valence-electron chi connectivity index (χ1n) is 6.58. The lowest BCUT2D eigenvalue weighted by molar-refractivity contribution is -0.156. The van der Waals surface area contributed by atoms with Crippen molar-refractivity contribution in [3.63, 3.8) is 0 Å². The Bertz CT molecular complexity index is 549. The lowest BCUT2D eigenvalue weighted by Crippen LogP contribution is -2.60. The normalized spacial score (nSPS) is 26.4. The number of nitrogens with one attached hydrogen (secondary N) is 1. The lowest BCUT2D eigenvalue weighted by atomic mass is 9.92. The number of hydrogen-bond donors (Lipinski definition) is 5. The molecule has 122 valence electrons. The van der Waals surface area contributed by atoms with Crippen molar-refractivity contribution in [3.05, 3.63) is 10.6 Å². The minimum absolute atomic E-state index is 0.106. The molecule has 1 saturated heterocycles. The molecule has 0 aliphatic carbocycles. The van der Waals surface area contributed by atoms with E-state index in [1.165, 1.54) is 6.92 Å². The molecule has 2 amide bonds. The molecule has 10 heteroatoms. The van der Waals surface area contributed by atoms with E-state index in [0.717, 1.165) is 16.7 Å². The van der Waals surface area contributed by atoms with Crippen molar-refractivity contribution in [1.29, 1.82) is 0 Å². The van der Waals surface area contributed by atoms with Gasteiger partial charge in [-0.3, -0.25) is 14.5 Å². The van der Waals surface area contributed by atoms with E-state index in [9.17, 15) is 24.6 Å². The van der Waals surface area contributed by atoms with E-state index in [1.54, 1.807) is 0 Å². The highest BCUT2D eigenvalue weighted by Gasteiger charge is 2.57. The van der Waals surface area contributed by atoms with Gasteiger partial charge in [0.15, 0.2) is 0 Å². The Balaban J connectivity index is 2.12. The van der Waals surface area contributed by atoms with Gasteiger partial charge in [0.1, 0.15) is 17.1 Å². The molecule has 2 aliphatic rings. The van der Waals surface area contributed by atoms with E-state index in [0.29, 0.717) is 4.91 Å². The average molecular weight is 331 g/mol. The summed E-state index contributed by atoms with van der Waals surface area (Å²) in [5.74, 6) is -3.00. The third-order valence-corrected chi connectivity index (χ3v) is 4.90. The van der Waals surface area contributed by atoms with Gasteiger partial charge in [-0.25, -0.2) is 4.79 Å². The van der Waals surface area contributed by atoms with E-state index >= 15 is 0 Å². The van der Waals surface area contributed by atoms with Gasteiger partial charge in [0.25, 0.3) is 0 Å². The van der Waals surface area contributed by atoms with Crippen LogP contribution in [0.5, 0.6) is 0 Å². The van der Waals surface area contributed by atoms with Crippen molar-refractivity contribution < 1.29 is 29.7 Å². The predicted molar refractivity (Wildman–Crippen MR) is 76.1 cm³/mol. The van der Waals surface area contributed by atoms with Crippen LogP contribution in [0.1, 0.15) is 6.92 Å². The van der Waals surface area contributed by atoms with Crippen molar-refractivity contribution in [2.75, 3.05) is 13.2 Å². The molecule has 4 atom stereocenters. The Kier molecular flexibility index (Phi) is 4.75. The Morgan fingerprint density at radius 2 is 2.14 bits per heavy atom. The van der Waals surface area contributed by atoms with Gasteiger partial charge < -0.3 is 26.4 Å². The maximum absolute atomic E-state index is 12.0. The van der Waals surface area contributed by atoms with Gasteiger partial charge in [-0.15, -0.1) is 0 Å². The van der Waals surface area contributed by atoms with E-state index in [-0.39, 0.29) is 12.2 Å². The maximum atomic E-state index is 12.0. The van der Waals surface area contributed by atoms with Gasteiger partial charge in [0.05, 0.1) is 25.2 Å². The summed E-state index contributed by atoms with van der Waals surface area (Å²) in [6.07, 6.45) is -0.881. The molecule has 0 spiro atoms. The third kappa shape index (κ3) is 2.70. The fourth-order valence-electron chi connectivity index (χ4n) is 2.36. The van der Waals surface area contributed by atoms with Crippen LogP contribution < -0.4 is 11.1 Å². The Hall–Kier alpha value is -1.62. The minimum Gasteiger partial charge on any atom is -0.477 e. The molecule has 9 nitrogen and oxygen atoms in total. The van der Waals surface area contributed by atoms with E-state index < -0.39 is 47.8 Å². The summed E-state index contributed by atoms with van der Waals surface area (Å²) in [6, 6.07) is -1.09. The number of aliphatic hydroxyl groups is 2. The topological polar surface area (TPSA) is 153 Å². The summed E-state index contributed by atoms with van der Waals surface area (Å²) in [7, 11) is 0. The van der Waals surface area contributed by atoms with Gasteiger partial charge in [-0.2, -0.15) is 0 Å². The van der Waals surface area contributed by atoms with Crippen LogP contribution in [0.25, 0.3) is 0 Å². The molecule has 1 fully saturated rings. The van der Waals surface area contributed by atoms with Crippen LogP contribution in [-0.2, 0) is 14.4 Å². The summed E-state index contributed by atoms with van der Waals surface area (Å²) in [5.41, 5.74) is 5.16. The van der Waals surface area contributed by atoms with Crippen LogP contribution in [0.3, 0.4) is 0 Å². The number of aliphatic carboxylic acids is 1. The lowest BCUT2D eigenvalue weighted by Gasteiger charge is -2.43. The van der Waals surface area contributed by atoms with Crippen LogP contribution >= 0.6 is 11.8 Å². The molecule has 2 rings (SSSR count). The largest absolute Gasteiger partial charge is 0.477 e. The van der Waals surface area contributed by atoms with Crippen molar-refractivity contribution in [2.45, 2.75) is 24.4 Å². The quantitative estimate of drug-likeness (QED) is 0.338.